The molecule has 0 atom stereocenters. The number of hydrogen-bond donors (Lipinski definition) is 0. The van der Waals surface area contributed by atoms with Crippen molar-refractivity contribution in [1.82, 2.24) is 4.98 Å². The van der Waals surface area contributed by atoms with Crippen LogP contribution < -0.4 is 4.90 Å². The van der Waals surface area contributed by atoms with Crippen LogP contribution in [0.5, 0.6) is 0 Å². The summed E-state index contributed by atoms with van der Waals surface area (Å²) in [5.41, 5.74) is 3.49. The molecule has 0 bridgehead atoms. The third-order valence-corrected chi connectivity index (χ3v) is 2.94. The van der Waals surface area contributed by atoms with Gasteiger partial charge in [0.1, 0.15) is 0 Å². The first-order valence-corrected chi connectivity index (χ1v) is 5.55. The number of aromatic nitrogens is 1. The molecule has 0 amide bonds. The topological polar surface area (TPSA) is 39.9 Å². The summed E-state index contributed by atoms with van der Waals surface area (Å²) in [6.07, 6.45) is 5.59. The molecule has 0 N–H and O–H groups in total. The van der Waals surface area contributed by atoms with Crippen molar-refractivity contribution < 1.29 is 0 Å². The van der Waals surface area contributed by atoms with Crippen LogP contribution in [0.3, 0.4) is 0 Å². The lowest BCUT2D eigenvalue weighted by Gasteiger charge is -2.29. The van der Waals surface area contributed by atoms with Crippen LogP contribution in [0.4, 0.5) is 5.69 Å². The standard InChI is InChI=1S/C13H15N3/c1-11-2-3-13(10-15-11)16-8-5-12(4-7-14)6-9-16/h2-4,10H,5-6,8-9H2,1H3. The molecule has 1 aromatic rings. The lowest BCUT2D eigenvalue weighted by Crippen LogP contribution is -2.30. The molecule has 3 heteroatoms. The van der Waals surface area contributed by atoms with Crippen LogP contribution in [0.2, 0.25) is 0 Å². The highest BCUT2D eigenvalue weighted by atomic mass is 15.1. The third kappa shape index (κ3) is 2.40. The summed E-state index contributed by atoms with van der Waals surface area (Å²) >= 11 is 0. The molecule has 0 saturated carbocycles. The van der Waals surface area contributed by atoms with Crippen molar-refractivity contribution in [3.8, 4) is 6.07 Å². The van der Waals surface area contributed by atoms with Crippen LogP contribution in [0.25, 0.3) is 0 Å². The molecule has 0 aliphatic carbocycles. The smallest absolute Gasteiger partial charge is 0.0911 e. The summed E-state index contributed by atoms with van der Waals surface area (Å²) in [5.74, 6) is 0. The minimum atomic E-state index is 0.984. The lowest BCUT2D eigenvalue weighted by atomic mass is 10.0. The number of anilines is 1. The third-order valence-electron chi connectivity index (χ3n) is 2.94. The summed E-state index contributed by atoms with van der Waals surface area (Å²) in [6.45, 7) is 3.96. The van der Waals surface area contributed by atoms with Gasteiger partial charge in [0.2, 0.25) is 0 Å². The number of allylic oxidation sites excluding steroid dienone is 1. The molecule has 0 aromatic carbocycles. The van der Waals surface area contributed by atoms with Crippen molar-refractivity contribution in [2.24, 2.45) is 0 Å². The van der Waals surface area contributed by atoms with Gasteiger partial charge >= 0.3 is 0 Å². The molecule has 82 valence electrons. The Balaban J connectivity index is 2.02. The zero-order valence-electron chi connectivity index (χ0n) is 9.48. The second-order valence-electron chi connectivity index (χ2n) is 4.08. The number of pyridine rings is 1. The van der Waals surface area contributed by atoms with Crippen molar-refractivity contribution >= 4 is 5.69 Å². The molecular formula is C13H15N3. The first-order chi connectivity index (χ1) is 7.79. The van der Waals surface area contributed by atoms with Crippen molar-refractivity contribution in [3.05, 3.63) is 35.7 Å². The van der Waals surface area contributed by atoms with Gasteiger partial charge in [0.15, 0.2) is 0 Å². The molecule has 0 spiro atoms. The van der Waals surface area contributed by atoms with E-state index >= 15 is 0 Å². The molecule has 3 nitrogen and oxygen atoms in total. The molecular weight excluding hydrogens is 198 g/mol. The second-order valence-corrected chi connectivity index (χ2v) is 4.08. The Bertz CT molecular complexity index is 415. The maximum Gasteiger partial charge on any atom is 0.0911 e. The van der Waals surface area contributed by atoms with Gasteiger partial charge < -0.3 is 4.90 Å². The summed E-state index contributed by atoms with van der Waals surface area (Å²) in [4.78, 5) is 6.62. The van der Waals surface area contributed by atoms with Crippen molar-refractivity contribution in [3.63, 3.8) is 0 Å². The SMILES string of the molecule is Cc1ccc(N2CCC(=CC#N)CC2)cn1. The van der Waals surface area contributed by atoms with Crippen molar-refractivity contribution in [2.75, 3.05) is 18.0 Å². The van der Waals surface area contributed by atoms with Crippen LogP contribution in [0, 0.1) is 18.3 Å². The minimum absolute atomic E-state index is 0.984. The molecule has 1 aliphatic rings. The average molecular weight is 213 g/mol. The van der Waals surface area contributed by atoms with E-state index in [1.165, 1.54) is 11.3 Å². The zero-order chi connectivity index (χ0) is 11.4. The molecule has 1 saturated heterocycles. The van der Waals surface area contributed by atoms with Crippen LogP contribution in [-0.2, 0) is 0 Å². The summed E-state index contributed by atoms with van der Waals surface area (Å²) in [5, 5.41) is 8.58. The van der Waals surface area contributed by atoms with Gasteiger partial charge in [0.05, 0.1) is 18.0 Å². The van der Waals surface area contributed by atoms with E-state index in [0.717, 1.165) is 31.6 Å². The Morgan fingerprint density at radius 1 is 1.38 bits per heavy atom. The predicted molar refractivity (Wildman–Crippen MR) is 64.1 cm³/mol. The van der Waals surface area contributed by atoms with E-state index in [1.807, 2.05) is 19.2 Å². The van der Waals surface area contributed by atoms with E-state index in [4.69, 9.17) is 5.26 Å². The Hall–Kier alpha value is -1.82. The predicted octanol–water partition coefficient (Wildman–Crippen LogP) is 2.44. The van der Waals surface area contributed by atoms with E-state index < -0.39 is 0 Å². The normalized spacial score (nSPS) is 15.8. The van der Waals surface area contributed by atoms with Crippen LogP contribution in [0.15, 0.2) is 30.0 Å². The molecule has 1 fully saturated rings. The molecule has 2 rings (SSSR count). The number of nitriles is 1. The average Bonchev–Trinajstić information content (AvgIpc) is 2.32. The first kappa shape index (κ1) is 10.7. The fourth-order valence-corrected chi connectivity index (χ4v) is 1.93. The van der Waals surface area contributed by atoms with Crippen LogP contribution in [-0.4, -0.2) is 18.1 Å². The van der Waals surface area contributed by atoms with Gasteiger partial charge in [-0.3, -0.25) is 4.98 Å². The van der Waals surface area contributed by atoms with Gasteiger partial charge in [-0.15, -0.1) is 0 Å². The maximum absolute atomic E-state index is 8.58. The Kier molecular flexibility index (Phi) is 3.21. The molecule has 1 aliphatic heterocycles. The quantitative estimate of drug-likeness (QED) is 0.673. The molecule has 1 aromatic heterocycles. The van der Waals surface area contributed by atoms with E-state index in [0.29, 0.717) is 0 Å². The van der Waals surface area contributed by atoms with Gasteiger partial charge in [0, 0.05) is 24.9 Å². The first-order valence-electron chi connectivity index (χ1n) is 5.55. The Morgan fingerprint density at radius 3 is 2.69 bits per heavy atom. The van der Waals surface area contributed by atoms with Gasteiger partial charge in [0.25, 0.3) is 0 Å². The van der Waals surface area contributed by atoms with Crippen LogP contribution >= 0.6 is 0 Å². The number of piperidine rings is 1. The number of hydrogen-bond acceptors (Lipinski definition) is 3. The van der Waals surface area contributed by atoms with Gasteiger partial charge in [-0.2, -0.15) is 5.26 Å². The number of aryl methyl sites for hydroxylation is 1. The minimum Gasteiger partial charge on any atom is -0.370 e. The summed E-state index contributed by atoms with van der Waals surface area (Å²) < 4.78 is 0. The number of rotatable bonds is 1. The van der Waals surface area contributed by atoms with E-state index in [9.17, 15) is 0 Å². The highest BCUT2D eigenvalue weighted by molar-refractivity contribution is 5.45. The molecule has 0 radical (unpaired) electrons. The van der Waals surface area contributed by atoms with Crippen molar-refractivity contribution in [1.29, 1.82) is 5.26 Å². The maximum atomic E-state index is 8.58. The Labute approximate surface area is 96.0 Å². The van der Waals surface area contributed by atoms with E-state index in [1.54, 1.807) is 6.08 Å². The van der Waals surface area contributed by atoms with Gasteiger partial charge in [-0.25, -0.2) is 0 Å². The second kappa shape index (κ2) is 4.80. The molecule has 16 heavy (non-hydrogen) atoms. The Morgan fingerprint density at radius 2 is 2.12 bits per heavy atom. The largest absolute Gasteiger partial charge is 0.370 e. The highest BCUT2D eigenvalue weighted by Crippen LogP contribution is 2.21. The highest BCUT2D eigenvalue weighted by Gasteiger charge is 2.14. The monoisotopic (exact) mass is 213 g/mol. The number of nitrogens with zero attached hydrogens (tertiary/aromatic N) is 3. The zero-order valence-corrected chi connectivity index (χ0v) is 9.48. The summed E-state index contributed by atoms with van der Waals surface area (Å²) in [6, 6.07) is 6.26. The van der Waals surface area contributed by atoms with Crippen molar-refractivity contribution in [2.45, 2.75) is 19.8 Å². The van der Waals surface area contributed by atoms with Crippen LogP contribution in [0.1, 0.15) is 18.5 Å². The fourth-order valence-electron chi connectivity index (χ4n) is 1.93. The van der Waals surface area contributed by atoms with Gasteiger partial charge in [-0.05, 0) is 31.9 Å². The van der Waals surface area contributed by atoms with E-state index in [-0.39, 0.29) is 0 Å². The van der Waals surface area contributed by atoms with Gasteiger partial charge in [-0.1, -0.05) is 5.57 Å². The lowest BCUT2D eigenvalue weighted by molar-refractivity contribution is 0.684. The summed E-state index contributed by atoms with van der Waals surface area (Å²) in [7, 11) is 0. The van der Waals surface area contributed by atoms with E-state index in [2.05, 4.69) is 22.0 Å². The molecule has 0 unspecified atom stereocenters. The fraction of sp³-hybridized carbons (Fsp3) is 0.385. The molecule has 2 heterocycles.